The van der Waals surface area contributed by atoms with E-state index in [9.17, 15) is 13.6 Å². The number of aliphatic imine (C=N–C) groups is 1. The molecule has 0 aromatic heterocycles. The van der Waals surface area contributed by atoms with Crippen LogP contribution in [0.2, 0.25) is 0 Å². The molecule has 0 aliphatic carbocycles. The molecule has 0 aliphatic heterocycles. The molecule has 1 aromatic rings. The average Bonchev–Trinajstić information content (AvgIpc) is 2.07. The van der Waals surface area contributed by atoms with Crippen molar-refractivity contribution in [1.29, 1.82) is 0 Å². The molecule has 1 rings (SSSR count). The van der Waals surface area contributed by atoms with Crippen molar-refractivity contribution in [2.75, 3.05) is 0 Å². The zero-order valence-electron chi connectivity index (χ0n) is 5.71. The third-order valence-electron chi connectivity index (χ3n) is 1.21. The first-order valence-electron chi connectivity index (χ1n) is 2.91. The molecule has 3 nitrogen and oxygen atoms in total. The van der Waals surface area contributed by atoms with E-state index >= 15 is 0 Å². The summed E-state index contributed by atoms with van der Waals surface area (Å²) in [6.07, 6.45) is 1.06. The number of phenolic OH excluding ortho intramolecular Hbond substituents is 1. The topological polar surface area (TPSA) is 49.7 Å². The van der Waals surface area contributed by atoms with Gasteiger partial charge < -0.3 is 5.11 Å². The van der Waals surface area contributed by atoms with Gasteiger partial charge >= 0.3 is 0 Å². The van der Waals surface area contributed by atoms with Crippen LogP contribution in [-0.4, -0.2) is 11.2 Å². The highest BCUT2D eigenvalue weighted by atomic mass is 19.2. The summed E-state index contributed by atoms with van der Waals surface area (Å²) in [7, 11) is 0. The molecule has 0 saturated heterocycles. The van der Waals surface area contributed by atoms with Gasteiger partial charge in [-0.1, -0.05) is 0 Å². The summed E-state index contributed by atoms with van der Waals surface area (Å²) in [6.45, 7) is 0. The fourth-order valence-corrected chi connectivity index (χ4v) is 0.665. The highest BCUT2D eigenvalue weighted by Gasteiger charge is 2.11. The van der Waals surface area contributed by atoms with Crippen molar-refractivity contribution in [3.63, 3.8) is 0 Å². The van der Waals surface area contributed by atoms with Crippen LogP contribution in [0.25, 0.3) is 0 Å². The van der Waals surface area contributed by atoms with Gasteiger partial charge in [0, 0.05) is 0 Å². The monoisotopic (exact) mass is 171 g/mol. The molecule has 0 fully saturated rings. The van der Waals surface area contributed by atoms with E-state index in [2.05, 4.69) is 4.99 Å². The lowest BCUT2D eigenvalue weighted by atomic mass is 10.3. The molecule has 0 bridgehead atoms. The van der Waals surface area contributed by atoms with Crippen LogP contribution < -0.4 is 0 Å². The second kappa shape index (κ2) is 3.11. The summed E-state index contributed by atoms with van der Waals surface area (Å²) in [5.41, 5.74) is -0.486. The summed E-state index contributed by atoms with van der Waals surface area (Å²) in [4.78, 5) is 12.6. The highest BCUT2D eigenvalue weighted by Crippen LogP contribution is 2.25. The Labute approximate surface area is 66.0 Å². The van der Waals surface area contributed by atoms with E-state index in [-0.39, 0.29) is 0 Å². The Balaban J connectivity index is 3.35. The number of aromatic hydroxyl groups is 1. The number of phenols is 1. The van der Waals surface area contributed by atoms with Crippen LogP contribution in [0, 0.1) is 11.6 Å². The average molecular weight is 171 g/mol. The Morgan fingerprint density at radius 1 is 1.33 bits per heavy atom. The normalized spacial score (nSPS) is 9.17. The minimum absolute atomic E-state index is 0.486. The molecule has 0 atom stereocenters. The SMILES string of the molecule is O=C=Nc1ccc(O)c(F)c1F. The zero-order valence-corrected chi connectivity index (χ0v) is 5.71. The van der Waals surface area contributed by atoms with Crippen LogP contribution in [-0.2, 0) is 4.79 Å². The molecular weight excluding hydrogens is 168 g/mol. The molecule has 0 unspecified atom stereocenters. The van der Waals surface area contributed by atoms with Gasteiger partial charge in [0.25, 0.3) is 0 Å². The fourth-order valence-electron chi connectivity index (χ4n) is 0.665. The van der Waals surface area contributed by atoms with Gasteiger partial charge in [0.2, 0.25) is 11.9 Å². The van der Waals surface area contributed by atoms with Gasteiger partial charge in [0.05, 0.1) is 0 Å². The van der Waals surface area contributed by atoms with Crippen molar-refractivity contribution in [1.82, 2.24) is 0 Å². The second-order valence-corrected chi connectivity index (χ2v) is 1.93. The van der Waals surface area contributed by atoms with Gasteiger partial charge in [-0.25, -0.2) is 9.18 Å². The Bertz CT molecular complexity index is 359. The van der Waals surface area contributed by atoms with Crippen LogP contribution in [0.1, 0.15) is 0 Å². The first kappa shape index (κ1) is 8.36. The predicted octanol–water partition coefficient (Wildman–Crippen LogP) is 1.64. The van der Waals surface area contributed by atoms with Crippen molar-refractivity contribution < 1.29 is 18.7 Å². The van der Waals surface area contributed by atoms with Gasteiger partial charge in [0.15, 0.2) is 11.6 Å². The minimum Gasteiger partial charge on any atom is -0.505 e. The lowest BCUT2D eigenvalue weighted by molar-refractivity contribution is 0.408. The molecule has 1 aromatic carbocycles. The number of benzene rings is 1. The largest absolute Gasteiger partial charge is 0.505 e. The summed E-state index contributed by atoms with van der Waals surface area (Å²) < 4.78 is 25.1. The van der Waals surface area contributed by atoms with Crippen molar-refractivity contribution >= 4 is 11.8 Å². The van der Waals surface area contributed by atoms with Gasteiger partial charge in [-0.2, -0.15) is 9.38 Å². The van der Waals surface area contributed by atoms with E-state index < -0.39 is 23.1 Å². The Morgan fingerprint density at radius 2 is 2.00 bits per heavy atom. The maximum absolute atomic E-state index is 12.6. The predicted molar refractivity (Wildman–Crippen MR) is 35.8 cm³/mol. The third-order valence-corrected chi connectivity index (χ3v) is 1.21. The molecule has 12 heavy (non-hydrogen) atoms. The summed E-state index contributed by atoms with van der Waals surface area (Å²) >= 11 is 0. The third kappa shape index (κ3) is 1.31. The Hall–Kier alpha value is -1.74. The quantitative estimate of drug-likeness (QED) is 0.515. The standard InChI is InChI=1S/C7H3F2NO2/c8-6-4(10-3-11)1-2-5(12)7(6)9/h1-2,12H. The number of hydrogen-bond acceptors (Lipinski definition) is 3. The van der Waals surface area contributed by atoms with E-state index in [0.717, 1.165) is 18.2 Å². The Kier molecular flexibility index (Phi) is 2.16. The van der Waals surface area contributed by atoms with E-state index in [4.69, 9.17) is 5.11 Å². The van der Waals surface area contributed by atoms with Crippen LogP contribution >= 0.6 is 0 Å². The van der Waals surface area contributed by atoms with Crippen LogP contribution in [0.5, 0.6) is 5.75 Å². The lowest BCUT2D eigenvalue weighted by Gasteiger charge is -1.97. The number of rotatable bonds is 1. The minimum atomic E-state index is -1.42. The number of isocyanates is 1. The molecular formula is C7H3F2NO2. The second-order valence-electron chi connectivity index (χ2n) is 1.93. The summed E-state index contributed by atoms with van der Waals surface area (Å²) in [5, 5.41) is 8.64. The maximum Gasteiger partial charge on any atom is 0.240 e. The van der Waals surface area contributed by atoms with Gasteiger partial charge in [-0.3, -0.25) is 0 Å². The molecule has 5 heteroatoms. The van der Waals surface area contributed by atoms with Crippen molar-refractivity contribution in [2.24, 2.45) is 4.99 Å². The summed E-state index contributed by atoms with van der Waals surface area (Å²) in [6, 6.07) is 1.87. The number of nitrogens with zero attached hydrogens (tertiary/aromatic N) is 1. The number of hydrogen-bond donors (Lipinski definition) is 1. The van der Waals surface area contributed by atoms with Gasteiger partial charge in [-0.05, 0) is 12.1 Å². The maximum atomic E-state index is 12.6. The molecule has 1 N–H and O–H groups in total. The fraction of sp³-hybridized carbons (Fsp3) is 0. The molecule has 0 saturated carbocycles. The first-order valence-corrected chi connectivity index (χ1v) is 2.91. The van der Waals surface area contributed by atoms with Crippen LogP contribution in [0.4, 0.5) is 14.5 Å². The molecule has 0 heterocycles. The lowest BCUT2D eigenvalue weighted by Crippen LogP contribution is -1.84. The van der Waals surface area contributed by atoms with E-state index in [1.165, 1.54) is 0 Å². The molecule has 62 valence electrons. The molecule has 0 spiro atoms. The van der Waals surface area contributed by atoms with E-state index in [0.29, 0.717) is 0 Å². The van der Waals surface area contributed by atoms with E-state index in [1.807, 2.05) is 0 Å². The van der Waals surface area contributed by atoms with Crippen LogP contribution in [0.3, 0.4) is 0 Å². The Morgan fingerprint density at radius 3 is 2.58 bits per heavy atom. The summed E-state index contributed by atoms with van der Waals surface area (Å²) in [5.74, 6) is -3.61. The van der Waals surface area contributed by atoms with Gasteiger partial charge in [0.1, 0.15) is 5.69 Å². The molecule has 0 aliphatic rings. The van der Waals surface area contributed by atoms with E-state index in [1.54, 1.807) is 0 Å². The molecule has 0 radical (unpaired) electrons. The van der Waals surface area contributed by atoms with Gasteiger partial charge in [-0.15, -0.1) is 0 Å². The highest BCUT2D eigenvalue weighted by molar-refractivity contribution is 5.51. The molecule has 0 amide bonds. The smallest absolute Gasteiger partial charge is 0.240 e. The number of carbonyl (C=O) groups excluding carboxylic acids is 1. The van der Waals surface area contributed by atoms with Crippen molar-refractivity contribution in [2.45, 2.75) is 0 Å². The first-order chi connectivity index (χ1) is 5.66. The van der Waals surface area contributed by atoms with Crippen molar-refractivity contribution in [3.05, 3.63) is 23.8 Å². The van der Waals surface area contributed by atoms with Crippen molar-refractivity contribution in [3.8, 4) is 5.75 Å². The van der Waals surface area contributed by atoms with Crippen LogP contribution in [0.15, 0.2) is 17.1 Å². The zero-order chi connectivity index (χ0) is 9.14. The number of halogens is 2.